The van der Waals surface area contributed by atoms with Gasteiger partial charge in [-0.1, -0.05) is 36.4 Å². The second kappa shape index (κ2) is 8.69. The molecule has 2 heterocycles. The number of hydrogen-bond donors (Lipinski definition) is 1. The average Bonchev–Trinajstić information content (AvgIpc) is 2.76. The third kappa shape index (κ3) is 4.39. The van der Waals surface area contributed by atoms with Crippen LogP contribution in [0.15, 0.2) is 67.0 Å². The summed E-state index contributed by atoms with van der Waals surface area (Å²) in [7, 11) is 0. The van der Waals surface area contributed by atoms with E-state index in [9.17, 15) is 4.39 Å². The molecule has 1 aliphatic heterocycles. The summed E-state index contributed by atoms with van der Waals surface area (Å²) in [6, 6.07) is 19.3. The lowest BCUT2D eigenvalue weighted by Crippen LogP contribution is -2.46. The Labute approximate surface area is 164 Å². The van der Waals surface area contributed by atoms with E-state index in [4.69, 9.17) is 0 Å². The molecule has 1 aliphatic rings. The molecular formula is C22H24FN5. The summed E-state index contributed by atoms with van der Waals surface area (Å²) >= 11 is 0. The molecule has 1 saturated heterocycles. The average molecular weight is 377 g/mol. The molecule has 4 rings (SSSR count). The number of hydrogen-bond acceptors (Lipinski definition) is 5. The third-order valence-corrected chi connectivity index (χ3v) is 5.04. The van der Waals surface area contributed by atoms with Crippen LogP contribution < -0.4 is 15.1 Å². The van der Waals surface area contributed by atoms with Gasteiger partial charge in [0.2, 0.25) is 0 Å². The molecule has 0 atom stereocenters. The van der Waals surface area contributed by atoms with Crippen LogP contribution >= 0.6 is 0 Å². The number of piperazine rings is 1. The topological polar surface area (TPSA) is 44.3 Å². The standard InChI is InChI=1S/C22H24FN5/c23-20-9-5-4-6-18(20)10-11-24-21-16-22(26-17-25-21)28-14-12-27(13-15-28)19-7-2-1-3-8-19/h1-9,16-17H,10-15H2,(H,24,25,26). The Morgan fingerprint density at radius 1 is 0.857 bits per heavy atom. The maximum atomic E-state index is 13.7. The van der Waals surface area contributed by atoms with E-state index in [1.165, 1.54) is 11.8 Å². The van der Waals surface area contributed by atoms with Crippen LogP contribution in [0.1, 0.15) is 5.56 Å². The van der Waals surface area contributed by atoms with Crippen LogP contribution in [-0.4, -0.2) is 42.7 Å². The molecule has 0 unspecified atom stereocenters. The second-order valence-electron chi connectivity index (χ2n) is 6.84. The van der Waals surface area contributed by atoms with Gasteiger partial charge in [0, 0.05) is 44.5 Å². The molecule has 1 fully saturated rings. The van der Waals surface area contributed by atoms with Gasteiger partial charge in [-0.3, -0.25) is 0 Å². The summed E-state index contributed by atoms with van der Waals surface area (Å²) in [6.07, 6.45) is 2.20. The second-order valence-corrected chi connectivity index (χ2v) is 6.84. The van der Waals surface area contributed by atoms with Gasteiger partial charge in [0.15, 0.2) is 0 Å². The minimum atomic E-state index is -0.163. The van der Waals surface area contributed by atoms with Crippen molar-refractivity contribution in [3.63, 3.8) is 0 Å². The lowest BCUT2D eigenvalue weighted by atomic mass is 10.1. The Kier molecular flexibility index (Phi) is 5.66. The van der Waals surface area contributed by atoms with E-state index in [0.29, 0.717) is 18.5 Å². The van der Waals surface area contributed by atoms with Gasteiger partial charge in [-0.15, -0.1) is 0 Å². The molecule has 0 radical (unpaired) electrons. The fraction of sp³-hybridized carbons (Fsp3) is 0.273. The molecule has 5 nitrogen and oxygen atoms in total. The summed E-state index contributed by atoms with van der Waals surface area (Å²) < 4.78 is 13.7. The zero-order chi connectivity index (χ0) is 19.2. The Morgan fingerprint density at radius 2 is 1.57 bits per heavy atom. The summed E-state index contributed by atoms with van der Waals surface area (Å²) in [5.41, 5.74) is 1.97. The number of nitrogens with one attached hydrogen (secondary N) is 1. The Bertz CT molecular complexity index is 894. The van der Waals surface area contributed by atoms with Crippen molar-refractivity contribution in [2.45, 2.75) is 6.42 Å². The third-order valence-electron chi connectivity index (χ3n) is 5.04. The Balaban J connectivity index is 1.32. The van der Waals surface area contributed by atoms with Crippen LogP contribution in [0.4, 0.5) is 21.7 Å². The first-order valence-electron chi connectivity index (χ1n) is 9.64. The lowest BCUT2D eigenvalue weighted by molar-refractivity contribution is 0.610. The zero-order valence-electron chi connectivity index (χ0n) is 15.8. The van der Waals surface area contributed by atoms with Crippen molar-refractivity contribution in [1.29, 1.82) is 0 Å². The number of benzene rings is 2. The first kappa shape index (κ1) is 18.2. The van der Waals surface area contributed by atoms with E-state index in [1.807, 2.05) is 24.3 Å². The molecule has 6 heteroatoms. The van der Waals surface area contributed by atoms with Crippen LogP contribution in [0.2, 0.25) is 0 Å². The molecule has 2 aromatic carbocycles. The molecule has 1 N–H and O–H groups in total. The number of aromatic nitrogens is 2. The van der Waals surface area contributed by atoms with Gasteiger partial charge in [-0.25, -0.2) is 14.4 Å². The van der Waals surface area contributed by atoms with Crippen molar-refractivity contribution >= 4 is 17.3 Å². The summed E-state index contributed by atoms with van der Waals surface area (Å²) in [6.45, 7) is 4.38. The molecule has 3 aromatic rings. The van der Waals surface area contributed by atoms with Crippen molar-refractivity contribution < 1.29 is 4.39 Å². The van der Waals surface area contributed by atoms with E-state index >= 15 is 0 Å². The van der Waals surface area contributed by atoms with Crippen molar-refractivity contribution in [1.82, 2.24) is 9.97 Å². The quantitative estimate of drug-likeness (QED) is 0.711. The molecule has 1 aromatic heterocycles. The molecule has 0 spiro atoms. The normalized spacial score (nSPS) is 14.2. The van der Waals surface area contributed by atoms with Crippen molar-refractivity contribution in [2.75, 3.05) is 47.8 Å². The van der Waals surface area contributed by atoms with Crippen molar-refractivity contribution in [2.24, 2.45) is 0 Å². The molecular weight excluding hydrogens is 353 g/mol. The van der Waals surface area contributed by atoms with Gasteiger partial charge in [-0.2, -0.15) is 0 Å². The molecule has 144 valence electrons. The molecule has 0 saturated carbocycles. The van der Waals surface area contributed by atoms with E-state index in [0.717, 1.165) is 37.8 Å². The van der Waals surface area contributed by atoms with E-state index in [2.05, 4.69) is 49.4 Å². The maximum absolute atomic E-state index is 13.7. The van der Waals surface area contributed by atoms with Gasteiger partial charge in [0.25, 0.3) is 0 Å². The van der Waals surface area contributed by atoms with Crippen molar-refractivity contribution in [3.8, 4) is 0 Å². The van der Waals surface area contributed by atoms with Crippen LogP contribution in [0.3, 0.4) is 0 Å². The minimum absolute atomic E-state index is 0.163. The van der Waals surface area contributed by atoms with Crippen LogP contribution in [0, 0.1) is 5.82 Å². The highest BCUT2D eigenvalue weighted by Gasteiger charge is 2.18. The van der Waals surface area contributed by atoms with Crippen LogP contribution in [0.5, 0.6) is 0 Å². The number of nitrogens with zero attached hydrogens (tertiary/aromatic N) is 4. The fourth-order valence-corrected chi connectivity index (χ4v) is 3.48. The predicted molar refractivity (Wildman–Crippen MR) is 111 cm³/mol. The largest absolute Gasteiger partial charge is 0.370 e. The van der Waals surface area contributed by atoms with Crippen LogP contribution in [0.25, 0.3) is 0 Å². The first-order valence-corrected chi connectivity index (χ1v) is 9.64. The summed E-state index contributed by atoms with van der Waals surface area (Å²) in [5.74, 6) is 1.53. The highest BCUT2D eigenvalue weighted by atomic mass is 19.1. The Morgan fingerprint density at radius 3 is 2.36 bits per heavy atom. The van der Waals surface area contributed by atoms with Crippen LogP contribution in [-0.2, 0) is 6.42 Å². The highest BCUT2D eigenvalue weighted by Crippen LogP contribution is 2.20. The summed E-state index contributed by atoms with van der Waals surface area (Å²) in [5, 5.41) is 3.28. The highest BCUT2D eigenvalue weighted by molar-refractivity contribution is 5.52. The van der Waals surface area contributed by atoms with Crippen molar-refractivity contribution in [3.05, 3.63) is 78.4 Å². The van der Waals surface area contributed by atoms with E-state index < -0.39 is 0 Å². The van der Waals surface area contributed by atoms with Gasteiger partial charge in [0.1, 0.15) is 23.8 Å². The van der Waals surface area contributed by atoms with Gasteiger partial charge < -0.3 is 15.1 Å². The Hall–Kier alpha value is -3.15. The molecule has 0 aliphatic carbocycles. The van der Waals surface area contributed by atoms with Gasteiger partial charge >= 0.3 is 0 Å². The molecule has 0 amide bonds. The van der Waals surface area contributed by atoms with Gasteiger partial charge in [0.05, 0.1) is 0 Å². The van der Waals surface area contributed by atoms with E-state index in [-0.39, 0.29) is 5.82 Å². The SMILES string of the molecule is Fc1ccccc1CCNc1cc(N2CCN(c3ccccc3)CC2)ncn1. The number of anilines is 3. The number of halogens is 1. The minimum Gasteiger partial charge on any atom is -0.370 e. The predicted octanol–water partition coefficient (Wildman–Crippen LogP) is 3.60. The smallest absolute Gasteiger partial charge is 0.134 e. The summed E-state index contributed by atoms with van der Waals surface area (Å²) in [4.78, 5) is 13.4. The van der Waals surface area contributed by atoms with E-state index in [1.54, 1.807) is 12.4 Å². The van der Waals surface area contributed by atoms with Gasteiger partial charge in [-0.05, 0) is 30.2 Å². The first-order chi connectivity index (χ1) is 13.8. The number of para-hydroxylation sites is 1. The molecule has 0 bridgehead atoms. The molecule has 28 heavy (non-hydrogen) atoms. The zero-order valence-corrected chi connectivity index (χ0v) is 15.8. The maximum Gasteiger partial charge on any atom is 0.134 e. The number of rotatable bonds is 6. The fourth-order valence-electron chi connectivity index (χ4n) is 3.48. The lowest BCUT2D eigenvalue weighted by Gasteiger charge is -2.36. The monoisotopic (exact) mass is 377 g/mol.